The van der Waals surface area contributed by atoms with Crippen LogP contribution in [0.25, 0.3) is 16.9 Å². The molecule has 0 fully saturated rings. The van der Waals surface area contributed by atoms with E-state index in [0.717, 1.165) is 48.2 Å². The van der Waals surface area contributed by atoms with Gasteiger partial charge >= 0.3 is 0 Å². The van der Waals surface area contributed by atoms with Crippen LogP contribution in [0.2, 0.25) is 0 Å². The molecule has 0 spiro atoms. The smallest absolute Gasteiger partial charge is 0.211 e. The lowest BCUT2D eigenvalue weighted by Crippen LogP contribution is -2.06. The van der Waals surface area contributed by atoms with Crippen molar-refractivity contribution in [3.8, 4) is 0 Å². The van der Waals surface area contributed by atoms with Crippen LogP contribution in [0.4, 0.5) is 0 Å². The van der Waals surface area contributed by atoms with Crippen molar-refractivity contribution in [1.82, 2.24) is 0 Å². The van der Waals surface area contributed by atoms with Crippen molar-refractivity contribution in [3.05, 3.63) is 85.5 Å². The first kappa shape index (κ1) is 32.0. The molecular weight excluding hydrogens is 484 g/mol. The molecule has 0 radical (unpaired) electrons. The first-order chi connectivity index (χ1) is 19.2. The Morgan fingerprint density at radius 3 is 1.30 bits per heavy atom. The topological polar surface area (TPSA) is 25.3 Å². The maximum absolute atomic E-state index is 11.9. The molecule has 1 aliphatic rings. The van der Waals surface area contributed by atoms with Gasteiger partial charge in [-0.2, -0.15) is 0 Å². The molecule has 2 aromatic rings. The fourth-order valence-electron chi connectivity index (χ4n) is 6.72. The molecular formula is C38H56N2. The molecule has 0 aliphatic carbocycles. The summed E-state index contributed by atoms with van der Waals surface area (Å²) in [6.07, 6.45) is 17.1. The molecule has 1 aliphatic heterocycles. The average Bonchev–Trinajstić information content (AvgIpc) is 3.15. The minimum absolute atomic E-state index is 0.962. The first-order valence-electron chi connectivity index (χ1n) is 16.4. The molecule has 2 nitrogen and oxygen atoms in total. The zero-order chi connectivity index (χ0) is 29.2. The molecule has 0 aromatic heterocycles. The van der Waals surface area contributed by atoms with Gasteiger partial charge in [0, 0.05) is 22.3 Å². The highest BCUT2D eigenvalue weighted by molar-refractivity contribution is 5.82. The third kappa shape index (κ3) is 7.62. The molecule has 2 aromatic carbocycles. The van der Waals surface area contributed by atoms with Crippen LogP contribution in [0.15, 0.2) is 35.4 Å². The van der Waals surface area contributed by atoms with E-state index < -0.39 is 0 Å². The number of nitrogens with zero attached hydrogens (tertiary/aromatic N) is 2. The quantitative estimate of drug-likeness (QED) is 0.149. The van der Waals surface area contributed by atoms with Gasteiger partial charge in [0.2, 0.25) is 11.4 Å². The largest absolute Gasteiger partial charge is 0.493 e. The van der Waals surface area contributed by atoms with Crippen molar-refractivity contribution in [3.63, 3.8) is 0 Å². The molecule has 3 rings (SSSR count). The standard InChI is InChI=1S/C38H56N2/c1-9-12-15-18-20-34-27(4)23-32(24-28(34)5)37-31(8)36(22-17-14-11-3)38(40(37)39)33-25-29(6)35(30(7)26-33)21-19-16-13-10-2/h23-26H,9-22H2,1-8H3. The fraction of sp³-hybridized carbons (Fsp3) is 0.579. The zero-order valence-electron chi connectivity index (χ0n) is 27.1. The van der Waals surface area contributed by atoms with Crippen molar-refractivity contribution in [2.24, 2.45) is 0 Å². The Kier molecular flexibility index (Phi) is 12.4. The Bertz CT molecular complexity index is 1190. The van der Waals surface area contributed by atoms with Gasteiger partial charge in [0.15, 0.2) is 0 Å². The lowest BCUT2D eigenvalue weighted by atomic mass is 9.91. The van der Waals surface area contributed by atoms with Crippen LogP contribution < -0.4 is 0 Å². The maximum atomic E-state index is 11.9. The molecule has 0 atom stereocenters. The van der Waals surface area contributed by atoms with Crippen LogP contribution in [-0.4, -0.2) is 4.70 Å². The Hall–Kier alpha value is -2.48. The van der Waals surface area contributed by atoms with E-state index in [1.807, 2.05) is 0 Å². The van der Waals surface area contributed by atoms with Crippen molar-refractivity contribution in [1.29, 1.82) is 0 Å². The van der Waals surface area contributed by atoms with Gasteiger partial charge in [-0.25, -0.2) is 4.70 Å². The molecule has 0 amide bonds. The fourth-order valence-corrected chi connectivity index (χ4v) is 6.72. The van der Waals surface area contributed by atoms with Gasteiger partial charge in [0.05, 0.1) is 0 Å². The Morgan fingerprint density at radius 1 is 0.500 bits per heavy atom. The number of hydrogen-bond donors (Lipinski definition) is 0. The second-order valence-corrected chi connectivity index (χ2v) is 12.4. The molecule has 0 bridgehead atoms. The van der Waals surface area contributed by atoms with E-state index in [4.69, 9.17) is 0 Å². The second kappa shape index (κ2) is 15.5. The predicted molar refractivity (Wildman–Crippen MR) is 175 cm³/mol. The van der Waals surface area contributed by atoms with Gasteiger partial charge in [-0.15, -0.1) is 0 Å². The summed E-state index contributed by atoms with van der Waals surface area (Å²) in [7, 11) is 0. The lowest BCUT2D eigenvalue weighted by Gasteiger charge is -2.16. The number of aryl methyl sites for hydroxylation is 4. The predicted octanol–water partition coefficient (Wildman–Crippen LogP) is 11.9. The molecule has 2 heteroatoms. The van der Waals surface area contributed by atoms with Crippen LogP contribution in [-0.2, 0) is 12.8 Å². The van der Waals surface area contributed by atoms with Gasteiger partial charge < -0.3 is 5.53 Å². The molecule has 218 valence electrons. The maximum Gasteiger partial charge on any atom is 0.211 e. The summed E-state index contributed by atoms with van der Waals surface area (Å²) in [4.78, 5) is 0. The monoisotopic (exact) mass is 540 g/mol. The van der Waals surface area contributed by atoms with Crippen LogP contribution in [0.5, 0.6) is 0 Å². The minimum Gasteiger partial charge on any atom is -0.493 e. The Balaban J connectivity index is 1.98. The molecule has 1 heterocycles. The number of hydrogen-bond acceptors (Lipinski definition) is 0. The van der Waals surface area contributed by atoms with E-state index in [1.54, 1.807) is 0 Å². The highest BCUT2D eigenvalue weighted by Crippen LogP contribution is 2.43. The summed E-state index contributed by atoms with van der Waals surface area (Å²) in [6.45, 7) is 18.0. The van der Waals surface area contributed by atoms with E-state index in [9.17, 15) is 5.53 Å². The second-order valence-electron chi connectivity index (χ2n) is 12.4. The highest BCUT2D eigenvalue weighted by Gasteiger charge is 2.34. The van der Waals surface area contributed by atoms with Crippen molar-refractivity contribution < 1.29 is 4.70 Å². The first-order valence-corrected chi connectivity index (χ1v) is 16.4. The average molecular weight is 541 g/mol. The van der Waals surface area contributed by atoms with E-state index in [0.29, 0.717) is 0 Å². The van der Waals surface area contributed by atoms with E-state index in [-0.39, 0.29) is 0 Å². The van der Waals surface area contributed by atoms with Crippen molar-refractivity contribution >= 4 is 11.4 Å². The Morgan fingerprint density at radius 2 is 0.875 bits per heavy atom. The Labute approximate surface area is 246 Å². The van der Waals surface area contributed by atoms with Crippen LogP contribution >= 0.6 is 0 Å². The normalized spacial score (nSPS) is 13.8. The molecule has 0 saturated carbocycles. The third-order valence-electron chi connectivity index (χ3n) is 9.05. The van der Waals surface area contributed by atoms with E-state index in [1.165, 1.54) is 113 Å². The summed E-state index contributed by atoms with van der Waals surface area (Å²) in [5.41, 5.74) is 27.0. The third-order valence-corrected chi connectivity index (χ3v) is 9.05. The lowest BCUT2D eigenvalue weighted by molar-refractivity contribution is -0.345. The number of benzene rings is 2. The number of rotatable bonds is 16. The van der Waals surface area contributed by atoms with Gasteiger partial charge in [0.1, 0.15) is 0 Å². The van der Waals surface area contributed by atoms with Gasteiger partial charge in [-0.1, -0.05) is 72.1 Å². The van der Waals surface area contributed by atoms with Crippen LogP contribution in [0.3, 0.4) is 0 Å². The van der Waals surface area contributed by atoms with Crippen molar-refractivity contribution in [2.75, 3.05) is 0 Å². The zero-order valence-corrected chi connectivity index (χ0v) is 27.1. The summed E-state index contributed by atoms with van der Waals surface area (Å²) < 4.78 is 1.53. The summed E-state index contributed by atoms with van der Waals surface area (Å²) in [5, 5.41) is 0. The SMILES string of the molecule is CCCCCCc1c(C)cc(C2=C(C)C(CCCCC)=C(c3cc(C)c(CCCCCC)c(C)c3)[N+]2=[N-])cc1C. The van der Waals surface area contributed by atoms with Crippen LogP contribution in [0, 0.1) is 27.7 Å². The molecule has 0 N–H and O–H groups in total. The molecule has 0 saturated heterocycles. The number of unbranched alkanes of at least 4 members (excludes halogenated alkanes) is 8. The molecule has 40 heavy (non-hydrogen) atoms. The number of allylic oxidation sites excluding steroid dienone is 2. The van der Waals surface area contributed by atoms with Crippen molar-refractivity contribution in [2.45, 2.75) is 145 Å². The highest BCUT2D eigenvalue weighted by atomic mass is 15.2. The molecule has 0 unspecified atom stereocenters. The van der Waals surface area contributed by atoms with E-state index in [2.05, 4.69) is 79.7 Å². The van der Waals surface area contributed by atoms with Gasteiger partial charge in [0.25, 0.3) is 0 Å². The van der Waals surface area contributed by atoms with Gasteiger partial charge in [-0.05, 0) is 131 Å². The summed E-state index contributed by atoms with van der Waals surface area (Å²) >= 11 is 0. The minimum atomic E-state index is 0.962. The summed E-state index contributed by atoms with van der Waals surface area (Å²) in [6, 6.07) is 9.28. The summed E-state index contributed by atoms with van der Waals surface area (Å²) in [5.74, 6) is 0. The van der Waals surface area contributed by atoms with Gasteiger partial charge in [-0.3, -0.25) is 0 Å². The van der Waals surface area contributed by atoms with E-state index >= 15 is 0 Å². The van der Waals surface area contributed by atoms with Crippen LogP contribution in [0.1, 0.15) is 149 Å².